The molecular formula is C9H10OS3. The minimum atomic E-state index is 0.869. The van der Waals surface area contributed by atoms with Crippen molar-refractivity contribution in [2.45, 2.75) is 4.90 Å². The van der Waals surface area contributed by atoms with Gasteiger partial charge in [-0.25, -0.2) is 0 Å². The lowest BCUT2D eigenvalue weighted by Crippen LogP contribution is -1.83. The summed E-state index contributed by atoms with van der Waals surface area (Å²) < 4.78 is 6.03. The van der Waals surface area contributed by atoms with Gasteiger partial charge in [0, 0.05) is 4.90 Å². The SMILES string of the molecule is COc1cccc(SC(=S)SC)c1. The molecule has 0 aliphatic rings. The average Bonchev–Trinajstić information content (AvgIpc) is 2.18. The molecule has 13 heavy (non-hydrogen) atoms. The van der Waals surface area contributed by atoms with Gasteiger partial charge in [0.1, 0.15) is 9.28 Å². The van der Waals surface area contributed by atoms with Gasteiger partial charge in [-0.2, -0.15) is 0 Å². The van der Waals surface area contributed by atoms with Gasteiger partial charge in [0.25, 0.3) is 0 Å². The Morgan fingerprint density at radius 3 is 2.85 bits per heavy atom. The van der Waals surface area contributed by atoms with Gasteiger partial charge in [-0.15, -0.1) is 11.8 Å². The van der Waals surface area contributed by atoms with Crippen molar-refractivity contribution in [3.05, 3.63) is 24.3 Å². The minimum absolute atomic E-state index is 0.869. The number of thioether (sulfide) groups is 2. The lowest BCUT2D eigenvalue weighted by atomic mass is 10.3. The van der Waals surface area contributed by atoms with Crippen molar-refractivity contribution >= 4 is 39.3 Å². The van der Waals surface area contributed by atoms with Gasteiger partial charge in [-0.1, -0.05) is 30.0 Å². The zero-order valence-corrected chi connectivity index (χ0v) is 9.89. The van der Waals surface area contributed by atoms with E-state index in [1.165, 1.54) is 0 Å². The van der Waals surface area contributed by atoms with E-state index < -0.39 is 0 Å². The molecule has 4 heteroatoms. The highest BCUT2D eigenvalue weighted by Crippen LogP contribution is 2.27. The number of rotatable bonds is 2. The van der Waals surface area contributed by atoms with Crippen LogP contribution in [0.1, 0.15) is 0 Å². The van der Waals surface area contributed by atoms with Crippen LogP contribution in [0.15, 0.2) is 29.2 Å². The Labute approximate surface area is 92.2 Å². The second-order valence-electron chi connectivity index (χ2n) is 2.24. The van der Waals surface area contributed by atoms with Crippen LogP contribution in [0.4, 0.5) is 0 Å². The summed E-state index contributed by atoms with van der Waals surface area (Å²) in [4.78, 5) is 1.12. The Morgan fingerprint density at radius 2 is 2.23 bits per heavy atom. The van der Waals surface area contributed by atoms with Gasteiger partial charge in [0.05, 0.1) is 7.11 Å². The maximum absolute atomic E-state index is 5.11. The molecule has 0 aliphatic carbocycles. The van der Waals surface area contributed by atoms with Crippen molar-refractivity contribution in [3.8, 4) is 5.75 Å². The summed E-state index contributed by atoms with van der Waals surface area (Å²) in [5.41, 5.74) is 0. The first-order valence-electron chi connectivity index (χ1n) is 3.66. The number of hydrogen-bond donors (Lipinski definition) is 0. The van der Waals surface area contributed by atoms with E-state index in [4.69, 9.17) is 17.0 Å². The number of benzene rings is 1. The molecule has 0 saturated carbocycles. The van der Waals surface area contributed by atoms with Gasteiger partial charge < -0.3 is 4.74 Å². The van der Waals surface area contributed by atoms with Crippen LogP contribution >= 0.6 is 35.7 Å². The largest absolute Gasteiger partial charge is 0.497 e. The molecule has 0 fully saturated rings. The number of hydrogen-bond acceptors (Lipinski definition) is 4. The van der Waals surface area contributed by atoms with Crippen molar-refractivity contribution in [2.24, 2.45) is 0 Å². The summed E-state index contributed by atoms with van der Waals surface area (Å²) in [6.45, 7) is 0. The molecular weight excluding hydrogens is 220 g/mol. The summed E-state index contributed by atoms with van der Waals surface area (Å²) in [7, 11) is 1.66. The topological polar surface area (TPSA) is 9.23 Å². The van der Waals surface area contributed by atoms with E-state index in [-0.39, 0.29) is 0 Å². The van der Waals surface area contributed by atoms with Crippen molar-refractivity contribution in [1.82, 2.24) is 0 Å². The molecule has 0 radical (unpaired) electrons. The second kappa shape index (κ2) is 5.52. The van der Waals surface area contributed by atoms with E-state index in [0.717, 1.165) is 14.2 Å². The van der Waals surface area contributed by atoms with Gasteiger partial charge in [-0.05, 0) is 24.5 Å². The predicted octanol–water partition coefficient (Wildman–Crippen LogP) is 3.44. The molecule has 1 rings (SSSR count). The Hall–Kier alpha value is -0.190. The van der Waals surface area contributed by atoms with Crippen LogP contribution in [0.25, 0.3) is 0 Å². The van der Waals surface area contributed by atoms with Crippen LogP contribution in [0.3, 0.4) is 0 Å². The molecule has 0 amide bonds. The number of thiocarbonyl (C=S) groups is 1. The van der Waals surface area contributed by atoms with Crippen LogP contribution in [0, 0.1) is 0 Å². The normalized spacial score (nSPS) is 9.69. The Morgan fingerprint density at radius 1 is 1.46 bits per heavy atom. The Balaban J connectivity index is 2.71. The maximum Gasteiger partial charge on any atom is 0.119 e. The lowest BCUT2D eigenvalue weighted by Gasteiger charge is -2.03. The molecule has 70 valence electrons. The van der Waals surface area contributed by atoms with Crippen LogP contribution in [0.5, 0.6) is 5.75 Å². The molecule has 0 atom stereocenters. The van der Waals surface area contributed by atoms with E-state index in [2.05, 4.69) is 0 Å². The van der Waals surface area contributed by atoms with Crippen LogP contribution < -0.4 is 4.74 Å². The first-order valence-corrected chi connectivity index (χ1v) is 6.11. The van der Waals surface area contributed by atoms with E-state index in [1.807, 2.05) is 30.5 Å². The van der Waals surface area contributed by atoms with Crippen molar-refractivity contribution < 1.29 is 4.74 Å². The molecule has 0 heterocycles. The molecule has 1 aromatic carbocycles. The van der Waals surface area contributed by atoms with Crippen molar-refractivity contribution in [2.75, 3.05) is 13.4 Å². The number of ether oxygens (including phenoxy) is 1. The summed E-state index contributed by atoms with van der Waals surface area (Å²) in [6.07, 6.45) is 1.98. The molecule has 1 nitrogen and oxygen atoms in total. The summed E-state index contributed by atoms with van der Waals surface area (Å²) in [5, 5.41) is 0. The van der Waals surface area contributed by atoms with Gasteiger partial charge in [0.15, 0.2) is 0 Å². The van der Waals surface area contributed by atoms with Crippen molar-refractivity contribution in [3.63, 3.8) is 0 Å². The van der Waals surface area contributed by atoms with Crippen LogP contribution in [-0.4, -0.2) is 16.9 Å². The third-order valence-electron chi connectivity index (χ3n) is 1.41. The molecule has 0 saturated heterocycles. The summed E-state index contributed by atoms with van der Waals surface area (Å²) in [6, 6.07) is 7.89. The molecule has 0 aromatic heterocycles. The molecule has 1 aromatic rings. The van der Waals surface area contributed by atoms with Gasteiger partial charge in [-0.3, -0.25) is 0 Å². The monoisotopic (exact) mass is 230 g/mol. The van der Waals surface area contributed by atoms with E-state index in [9.17, 15) is 0 Å². The molecule has 0 spiro atoms. The van der Waals surface area contributed by atoms with Gasteiger partial charge in [0.2, 0.25) is 0 Å². The zero-order valence-electron chi connectivity index (χ0n) is 7.44. The average molecular weight is 230 g/mol. The molecule has 0 unspecified atom stereocenters. The molecule has 0 aliphatic heterocycles. The van der Waals surface area contributed by atoms with E-state index in [0.29, 0.717) is 0 Å². The first kappa shape index (κ1) is 10.9. The van der Waals surface area contributed by atoms with Gasteiger partial charge >= 0.3 is 0 Å². The number of methoxy groups -OCH3 is 1. The van der Waals surface area contributed by atoms with Crippen LogP contribution in [-0.2, 0) is 0 Å². The van der Waals surface area contributed by atoms with Crippen molar-refractivity contribution in [1.29, 1.82) is 0 Å². The Bertz CT molecular complexity index is 299. The van der Waals surface area contributed by atoms with E-state index >= 15 is 0 Å². The predicted molar refractivity (Wildman–Crippen MR) is 65.0 cm³/mol. The molecule has 0 bridgehead atoms. The lowest BCUT2D eigenvalue weighted by molar-refractivity contribution is 0.413. The third-order valence-corrected chi connectivity index (χ3v) is 3.90. The minimum Gasteiger partial charge on any atom is -0.497 e. The standard InChI is InChI=1S/C9H10OS3/c1-10-7-4-3-5-8(6-7)13-9(11)12-2/h3-6H,1-2H3. The Kier molecular flexibility index (Phi) is 4.62. The van der Waals surface area contributed by atoms with E-state index in [1.54, 1.807) is 30.6 Å². The third kappa shape index (κ3) is 3.58. The maximum atomic E-state index is 5.11. The van der Waals surface area contributed by atoms with Crippen LogP contribution in [0.2, 0.25) is 0 Å². The second-order valence-corrected chi connectivity index (χ2v) is 5.32. The highest BCUT2D eigenvalue weighted by molar-refractivity contribution is 8.47. The highest BCUT2D eigenvalue weighted by atomic mass is 32.2. The molecule has 0 N–H and O–H groups in total. The quantitative estimate of drug-likeness (QED) is 0.568. The fourth-order valence-electron chi connectivity index (χ4n) is 0.803. The smallest absolute Gasteiger partial charge is 0.119 e. The summed E-state index contributed by atoms with van der Waals surface area (Å²) in [5.74, 6) is 0.869. The first-order chi connectivity index (χ1) is 6.26. The highest BCUT2D eigenvalue weighted by Gasteiger charge is 1.99. The zero-order chi connectivity index (χ0) is 9.68. The summed E-state index contributed by atoms with van der Waals surface area (Å²) >= 11 is 8.28. The fourth-order valence-corrected chi connectivity index (χ4v) is 2.23. The fraction of sp³-hybridized carbons (Fsp3) is 0.222.